The van der Waals surface area contributed by atoms with Crippen molar-refractivity contribution in [2.24, 2.45) is 0 Å². The molecule has 2 heterocycles. The predicted octanol–water partition coefficient (Wildman–Crippen LogP) is 3.88. The Hall–Kier alpha value is -3.62. The molecule has 0 spiro atoms. The molecule has 3 aromatic rings. The number of amides is 2. The van der Waals surface area contributed by atoms with Crippen LogP contribution in [0.25, 0.3) is 11.1 Å². The Morgan fingerprint density at radius 3 is 2.53 bits per heavy atom. The molecule has 0 bridgehead atoms. The highest BCUT2D eigenvalue weighted by Gasteiger charge is 2.46. The number of halogens is 1. The standard InChI is InChI=1S/C42H55ClN4O8/c1-27(7-4-20-47(22-6-21-46-19-5-10-37(46)50)41(54)40(53)39(52)38(51)35(49)26-48)28-11-14-34(43)29(23-28)24-45-42(16-17-42)33-25-44-18-15-31(33)32-8-2-3-9-36(32)55-30-12-13-30/h2-3,8-9,11,14-15,18,23,25,27,30,35,38-40,45,48-49,51-53H,4-7,10,12-13,16-17,19-22,24,26H2,1H3. The van der Waals surface area contributed by atoms with E-state index in [0.717, 1.165) is 65.7 Å². The van der Waals surface area contributed by atoms with Crippen molar-refractivity contribution in [2.45, 2.75) is 113 Å². The summed E-state index contributed by atoms with van der Waals surface area (Å²) in [7, 11) is 0. The van der Waals surface area contributed by atoms with E-state index < -0.39 is 36.9 Å². The number of aliphatic hydroxyl groups is 5. The summed E-state index contributed by atoms with van der Waals surface area (Å²) in [4.78, 5) is 33.2. The summed E-state index contributed by atoms with van der Waals surface area (Å²) < 4.78 is 6.28. The number of carbonyl (C=O) groups excluding carboxylic acids is 2. The maximum atomic E-state index is 13.4. The first-order chi connectivity index (χ1) is 26.5. The number of ether oxygens (including phenoxy) is 1. The van der Waals surface area contributed by atoms with Crippen molar-refractivity contribution >= 4 is 23.4 Å². The van der Waals surface area contributed by atoms with Gasteiger partial charge in [-0.25, -0.2) is 0 Å². The number of aromatic nitrogens is 1. The predicted molar refractivity (Wildman–Crippen MR) is 208 cm³/mol. The van der Waals surface area contributed by atoms with Crippen molar-refractivity contribution in [1.29, 1.82) is 0 Å². The van der Waals surface area contributed by atoms with Gasteiger partial charge in [0.25, 0.3) is 5.91 Å². The fraction of sp³-hybridized carbons (Fsp3) is 0.548. The highest BCUT2D eigenvalue weighted by Crippen LogP contribution is 2.50. The van der Waals surface area contributed by atoms with Gasteiger partial charge in [-0.1, -0.05) is 48.9 Å². The molecule has 6 N–H and O–H groups in total. The number of hydrogen-bond acceptors (Lipinski definition) is 10. The first-order valence-corrected chi connectivity index (χ1v) is 20.0. The number of hydrogen-bond donors (Lipinski definition) is 6. The molecule has 12 nitrogen and oxygen atoms in total. The van der Waals surface area contributed by atoms with E-state index in [-0.39, 0.29) is 36.6 Å². The van der Waals surface area contributed by atoms with Crippen LogP contribution in [0.1, 0.15) is 87.3 Å². The smallest absolute Gasteiger partial charge is 0.254 e. The van der Waals surface area contributed by atoms with E-state index in [9.17, 15) is 30.0 Å². The summed E-state index contributed by atoms with van der Waals surface area (Å²) in [5.41, 5.74) is 5.17. The van der Waals surface area contributed by atoms with Gasteiger partial charge in [0.1, 0.15) is 24.1 Å². The molecule has 6 rings (SSSR count). The Morgan fingerprint density at radius 1 is 1.05 bits per heavy atom. The number of nitrogens with one attached hydrogen (secondary N) is 1. The largest absolute Gasteiger partial charge is 0.490 e. The number of likely N-dealkylation sites (tertiary alicyclic amines) is 1. The van der Waals surface area contributed by atoms with Crippen LogP contribution in [0.15, 0.2) is 60.9 Å². The number of rotatable bonds is 21. The van der Waals surface area contributed by atoms with Crippen LogP contribution in [0.3, 0.4) is 0 Å². The van der Waals surface area contributed by atoms with E-state index in [0.29, 0.717) is 50.3 Å². The minimum Gasteiger partial charge on any atom is -0.490 e. The topological polar surface area (TPSA) is 176 Å². The summed E-state index contributed by atoms with van der Waals surface area (Å²) in [5, 5.41) is 54.7. The van der Waals surface area contributed by atoms with E-state index in [1.165, 1.54) is 4.90 Å². The van der Waals surface area contributed by atoms with Crippen molar-refractivity contribution in [3.05, 3.63) is 82.6 Å². The molecule has 1 saturated heterocycles. The molecule has 5 unspecified atom stereocenters. The molecule has 2 aromatic carbocycles. The van der Waals surface area contributed by atoms with E-state index in [2.05, 4.69) is 35.4 Å². The van der Waals surface area contributed by atoms with Gasteiger partial charge in [0, 0.05) is 67.7 Å². The third-order valence-corrected chi connectivity index (χ3v) is 11.6. The van der Waals surface area contributed by atoms with Gasteiger partial charge in [-0.3, -0.25) is 14.6 Å². The molecule has 2 saturated carbocycles. The highest BCUT2D eigenvalue weighted by atomic mass is 35.5. The number of benzene rings is 2. The average molecular weight is 779 g/mol. The van der Waals surface area contributed by atoms with Gasteiger partial charge in [-0.05, 0) is 97.7 Å². The van der Waals surface area contributed by atoms with Crippen LogP contribution in [0, 0.1) is 0 Å². The Kier molecular flexibility index (Phi) is 13.8. The first kappa shape index (κ1) is 41.0. The summed E-state index contributed by atoms with van der Waals surface area (Å²) in [5.74, 6) is 0.293. The lowest BCUT2D eigenvalue weighted by molar-refractivity contribution is -0.158. The number of para-hydroxylation sites is 1. The fourth-order valence-electron chi connectivity index (χ4n) is 7.47. The van der Waals surface area contributed by atoms with Gasteiger partial charge >= 0.3 is 0 Å². The van der Waals surface area contributed by atoms with E-state index in [4.69, 9.17) is 21.4 Å². The van der Waals surface area contributed by atoms with Crippen LogP contribution < -0.4 is 10.1 Å². The highest BCUT2D eigenvalue weighted by molar-refractivity contribution is 6.31. The number of carbonyl (C=O) groups is 2. The molecular weight excluding hydrogens is 724 g/mol. The lowest BCUT2D eigenvalue weighted by Crippen LogP contribution is -2.53. The lowest BCUT2D eigenvalue weighted by atomic mass is 9.93. The van der Waals surface area contributed by atoms with E-state index >= 15 is 0 Å². The molecule has 5 atom stereocenters. The van der Waals surface area contributed by atoms with Crippen molar-refractivity contribution in [3.63, 3.8) is 0 Å². The molecule has 3 aliphatic rings. The fourth-order valence-corrected chi connectivity index (χ4v) is 7.66. The second-order valence-electron chi connectivity index (χ2n) is 15.4. The minimum atomic E-state index is -2.00. The second kappa shape index (κ2) is 18.5. The van der Waals surface area contributed by atoms with Crippen LogP contribution in [-0.4, -0.2) is 115 Å². The lowest BCUT2D eigenvalue weighted by Gasteiger charge is -2.30. The van der Waals surface area contributed by atoms with Gasteiger partial charge in [-0.15, -0.1) is 0 Å². The summed E-state index contributed by atoms with van der Waals surface area (Å²) in [6.45, 7) is 3.48. The van der Waals surface area contributed by atoms with Gasteiger partial charge in [0.05, 0.1) is 12.7 Å². The van der Waals surface area contributed by atoms with Gasteiger partial charge in [-0.2, -0.15) is 0 Å². The van der Waals surface area contributed by atoms with Gasteiger partial charge in [0.15, 0.2) is 6.10 Å². The number of nitrogens with zero attached hydrogens (tertiary/aromatic N) is 3. The van der Waals surface area contributed by atoms with Crippen molar-refractivity contribution in [2.75, 3.05) is 32.8 Å². The first-order valence-electron chi connectivity index (χ1n) is 19.6. The quantitative estimate of drug-likeness (QED) is 0.0932. The van der Waals surface area contributed by atoms with Crippen molar-refractivity contribution in [3.8, 4) is 16.9 Å². The Bertz CT molecular complexity index is 1770. The zero-order valence-corrected chi connectivity index (χ0v) is 32.3. The molecule has 2 amide bonds. The van der Waals surface area contributed by atoms with Gasteiger partial charge in [0.2, 0.25) is 5.91 Å². The molecular formula is C42H55ClN4O8. The molecule has 2 aliphatic carbocycles. The maximum Gasteiger partial charge on any atom is 0.254 e. The molecule has 3 fully saturated rings. The molecule has 1 aliphatic heterocycles. The average Bonchev–Trinajstić information content (AvgIpc) is 4.14. The summed E-state index contributed by atoms with van der Waals surface area (Å²) in [6.07, 6.45) is 3.65. The van der Waals surface area contributed by atoms with E-state index in [1.54, 1.807) is 4.90 Å². The second-order valence-corrected chi connectivity index (χ2v) is 15.8. The molecule has 13 heteroatoms. The molecule has 0 radical (unpaired) electrons. The van der Waals surface area contributed by atoms with Crippen LogP contribution in [0.2, 0.25) is 5.02 Å². The van der Waals surface area contributed by atoms with Crippen LogP contribution in [-0.2, 0) is 21.7 Å². The third-order valence-electron chi connectivity index (χ3n) is 11.2. The number of aliphatic hydroxyl groups excluding tert-OH is 5. The zero-order chi connectivity index (χ0) is 39.1. The van der Waals surface area contributed by atoms with E-state index in [1.807, 2.05) is 42.7 Å². The van der Waals surface area contributed by atoms with Gasteiger partial charge < -0.3 is 45.4 Å². The van der Waals surface area contributed by atoms with Crippen molar-refractivity contribution in [1.82, 2.24) is 20.1 Å². The van der Waals surface area contributed by atoms with Crippen LogP contribution in [0.4, 0.5) is 0 Å². The zero-order valence-electron chi connectivity index (χ0n) is 31.5. The van der Waals surface area contributed by atoms with Crippen LogP contribution >= 0.6 is 11.6 Å². The molecule has 1 aromatic heterocycles. The SMILES string of the molecule is CC(CCCN(CCCN1CCCC1=O)C(=O)C(O)C(O)C(O)C(O)CO)c1ccc(Cl)c(CNC2(c3cnccc3-c3ccccc3OC3CC3)CC2)c1. The minimum absolute atomic E-state index is 0.0787. The Labute approximate surface area is 328 Å². The Balaban J connectivity index is 1.08. The summed E-state index contributed by atoms with van der Waals surface area (Å²) >= 11 is 6.76. The molecule has 298 valence electrons. The normalized spacial score (nSPS) is 19.1. The number of pyridine rings is 1. The maximum absolute atomic E-state index is 13.4. The third kappa shape index (κ3) is 10.2. The Morgan fingerprint density at radius 2 is 1.82 bits per heavy atom. The van der Waals surface area contributed by atoms with Crippen LogP contribution in [0.5, 0.6) is 5.75 Å². The monoisotopic (exact) mass is 778 g/mol. The molecule has 55 heavy (non-hydrogen) atoms. The van der Waals surface area contributed by atoms with Crippen molar-refractivity contribution < 1.29 is 39.9 Å². The summed E-state index contributed by atoms with van der Waals surface area (Å²) in [6, 6.07) is 16.3.